The molecule has 8 rings (SSSR count). The fourth-order valence-corrected chi connectivity index (χ4v) is 8.93. The summed E-state index contributed by atoms with van der Waals surface area (Å²) < 4.78 is 0. The van der Waals surface area contributed by atoms with Crippen molar-refractivity contribution in [1.82, 2.24) is 4.98 Å². The van der Waals surface area contributed by atoms with E-state index in [1.165, 1.54) is 66.8 Å². The molecular formula is C71H81NOPt. The van der Waals surface area contributed by atoms with Gasteiger partial charge in [-0.1, -0.05) is 256 Å². The van der Waals surface area contributed by atoms with Crippen LogP contribution in [0.4, 0.5) is 0 Å². The van der Waals surface area contributed by atoms with Gasteiger partial charge in [-0.15, -0.1) is 43.2 Å². The van der Waals surface area contributed by atoms with Gasteiger partial charge in [-0.25, -0.2) is 12.5 Å². The molecule has 1 N–H and O–H groups in total. The summed E-state index contributed by atoms with van der Waals surface area (Å²) >= 11 is 0. The molecule has 0 spiro atoms. The molecule has 0 saturated carbocycles. The fraction of sp³-hybridized carbons (Fsp3) is 0.296. The van der Waals surface area contributed by atoms with Gasteiger partial charge in [0.05, 0.1) is 0 Å². The normalized spacial score (nSPS) is 11.9. The standard InChI is InChI=1S/C35H32N.C19H29O.C17H20.Pt/c1-24-13-12-18-31(25(24)2)28-19-29(21-30(20-28)35(3,4)5)34-22-32(26-14-8-6-9-15-26)33(23-36-34)27-16-10-7-11-17-27;1-9-10-13(2)15-11-14(18(3,4)5)12-16(17(15)20)19(6,7)8;1-13-10-11-15(17(2,3)4)12-16(13)14-8-6-5-7-9-14;/h6-18,20-23H,1-5H3;9-12,20H,1-8H3;5-12H,1-4H3;/q2*-1;;+2/b;13-10-;;. The number of rotatable bonds is 7. The second-order valence-electron chi connectivity index (χ2n) is 23.8. The third kappa shape index (κ3) is 14.8. The van der Waals surface area contributed by atoms with Crippen LogP contribution in [-0.2, 0) is 42.7 Å². The van der Waals surface area contributed by atoms with E-state index >= 15 is 0 Å². The maximum atomic E-state index is 10.7. The summed E-state index contributed by atoms with van der Waals surface area (Å²) in [5.74, 6) is 0.418. The molecule has 1 aromatic heterocycles. The van der Waals surface area contributed by atoms with Gasteiger partial charge >= 0.3 is 21.1 Å². The second-order valence-corrected chi connectivity index (χ2v) is 23.8. The van der Waals surface area contributed by atoms with E-state index in [0.29, 0.717) is 5.75 Å². The van der Waals surface area contributed by atoms with Gasteiger partial charge in [0.15, 0.2) is 0 Å². The minimum Gasteiger partial charge on any atom is -0.509 e. The maximum absolute atomic E-state index is 10.7. The molecule has 386 valence electrons. The van der Waals surface area contributed by atoms with Gasteiger partial charge in [-0.05, 0) is 92.5 Å². The van der Waals surface area contributed by atoms with Gasteiger partial charge in [-0.2, -0.15) is 5.57 Å². The summed E-state index contributed by atoms with van der Waals surface area (Å²) in [6.45, 7) is 37.2. The van der Waals surface area contributed by atoms with Crippen LogP contribution in [0.3, 0.4) is 0 Å². The molecule has 0 fully saturated rings. The van der Waals surface area contributed by atoms with Crippen LogP contribution in [-0.4, -0.2) is 10.1 Å². The van der Waals surface area contributed by atoms with Crippen molar-refractivity contribution in [2.45, 2.75) is 139 Å². The fourth-order valence-electron chi connectivity index (χ4n) is 8.93. The predicted octanol–water partition coefficient (Wildman–Crippen LogP) is 20.0. The van der Waals surface area contributed by atoms with E-state index in [0.717, 1.165) is 39.1 Å². The molecule has 0 atom stereocenters. The number of phenolic OH excluding ortho intramolecular Hbond substituents is 1. The zero-order valence-corrected chi connectivity index (χ0v) is 49.7. The van der Waals surface area contributed by atoms with Gasteiger partial charge in [0.25, 0.3) is 0 Å². The van der Waals surface area contributed by atoms with Crippen LogP contribution in [0.1, 0.15) is 141 Å². The van der Waals surface area contributed by atoms with Crippen LogP contribution in [0.2, 0.25) is 0 Å². The molecule has 3 heteroatoms. The van der Waals surface area contributed by atoms with E-state index in [-0.39, 0.29) is 42.7 Å². The van der Waals surface area contributed by atoms with Crippen LogP contribution in [0.5, 0.6) is 5.75 Å². The zero-order chi connectivity index (χ0) is 53.5. The Bertz CT molecular complexity index is 3150. The first-order chi connectivity index (χ1) is 34.3. The summed E-state index contributed by atoms with van der Waals surface area (Å²) in [6, 6.07) is 59.8. The molecule has 0 aliphatic carbocycles. The molecule has 1 heterocycles. The minimum atomic E-state index is -0.0731. The number of aryl methyl sites for hydroxylation is 2. The number of phenols is 1. The van der Waals surface area contributed by atoms with Crippen LogP contribution >= 0.6 is 0 Å². The van der Waals surface area contributed by atoms with Gasteiger partial charge in [0.1, 0.15) is 5.75 Å². The van der Waals surface area contributed by atoms with Crippen molar-refractivity contribution in [3.8, 4) is 61.5 Å². The Morgan fingerprint density at radius 1 is 0.486 bits per heavy atom. The summed E-state index contributed by atoms with van der Waals surface area (Å²) in [5.41, 5.74) is 22.7. The number of nitrogens with zero attached hydrogens (tertiary/aromatic N) is 1. The smallest absolute Gasteiger partial charge is 0.509 e. The van der Waals surface area contributed by atoms with E-state index in [9.17, 15) is 5.11 Å². The summed E-state index contributed by atoms with van der Waals surface area (Å²) in [7, 11) is 0. The molecule has 8 aromatic rings. The van der Waals surface area contributed by atoms with E-state index in [1.807, 2.05) is 32.5 Å². The topological polar surface area (TPSA) is 33.1 Å². The second kappa shape index (κ2) is 24.4. The minimum absolute atomic E-state index is 0. The molecule has 0 radical (unpaired) electrons. The molecule has 0 saturated heterocycles. The Morgan fingerprint density at radius 2 is 0.986 bits per heavy atom. The Kier molecular flexibility index (Phi) is 19.4. The summed E-state index contributed by atoms with van der Waals surface area (Å²) in [5, 5.41) is 10.7. The number of hydrogen-bond donors (Lipinski definition) is 1. The molecular weight excluding hydrogens is 1080 g/mol. The van der Waals surface area contributed by atoms with Crippen molar-refractivity contribution in [3.05, 3.63) is 227 Å². The van der Waals surface area contributed by atoms with Crippen molar-refractivity contribution in [2.24, 2.45) is 0 Å². The van der Waals surface area contributed by atoms with Crippen molar-refractivity contribution in [1.29, 1.82) is 0 Å². The molecule has 7 aromatic carbocycles. The van der Waals surface area contributed by atoms with E-state index in [4.69, 9.17) is 4.98 Å². The number of benzene rings is 7. The van der Waals surface area contributed by atoms with Crippen molar-refractivity contribution in [2.75, 3.05) is 0 Å². The number of aromatic nitrogens is 1. The third-order valence-corrected chi connectivity index (χ3v) is 13.8. The quantitative estimate of drug-likeness (QED) is 0.161. The van der Waals surface area contributed by atoms with Gasteiger partial charge in [0.2, 0.25) is 0 Å². The van der Waals surface area contributed by atoms with Crippen LogP contribution in [0, 0.1) is 33.3 Å². The number of pyridine rings is 1. The largest absolute Gasteiger partial charge is 2.00 e. The Balaban J connectivity index is 0.000000226. The maximum Gasteiger partial charge on any atom is 2.00 e. The number of aromatic hydroxyl groups is 1. The van der Waals surface area contributed by atoms with Gasteiger partial charge < -0.3 is 5.11 Å². The Morgan fingerprint density at radius 3 is 1.50 bits per heavy atom. The molecule has 0 unspecified atom stereocenters. The third-order valence-electron chi connectivity index (χ3n) is 13.8. The molecule has 74 heavy (non-hydrogen) atoms. The Hall–Kier alpha value is -6.21. The summed E-state index contributed by atoms with van der Waals surface area (Å²) in [4.78, 5) is 4.98. The molecule has 0 amide bonds. The average Bonchev–Trinajstić information content (AvgIpc) is 3.34. The average molecular weight is 1160 g/mol. The number of hydrogen-bond acceptors (Lipinski definition) is 2. The molecule has 0 bridgehead atoms. The summed E-state index contributed by atoms with van der Waals surface area (Å²) in [6.07, 6.45) is 6.07. The first-order valence-corrected chi connectivity index (χ1v) is 26.0. The van der Waals surface area contributed by atoms with E-state index in [1.54, 1.807) is 0 Å². The van der Waals surface area contributed by atoms with Crippen molar-refractivity contribution in [3.63, 3.8) is 0 Å². The predicted molar refractivity (Wildman–Crippen MR) is 317 cm³/mol. The van der Waals surface area contributed by atoms with E-state index in [2.05, 4.69) is 268 Å². The van der Waals surface area contributed by atoms with Crippen LogP contribution in [0.15, 0.2) is 170 Å². The number of allylic oxidation sites excluding steroid dienone is 2. The first kappa shape index (κ1) is 58.7. The molecule has 2 nitrogen and oxygen atoms in total. The van der Waals surface area contributed by atoms with Crippen molar-refractivity contribution >= 4 is 5.57 Å². The monoisotopic (exact) mass is 1160 g/mol. The molecule has 0 aliphatic heterocycles. The van der Waals surface area contributed by atoms with E-state index < -0.39 is 0 Å². The molecule has 0 aliphatic rings. The Labute approximate surface area is 461 Å². The zero-order valence-electron chi connectivity index (χ0n) is 47.5. The van der Waals surface area contributed by atoms with Gasteiger partial charge in [0, 0.05) is 17.5 Å². The van der Waals surface area contributed by atoms with Crippen LogP contribution < -0.4 is 0 Å². The van der Waals surface area contributed by atoms with Crippen LogP contribution in [0.25, 0.3) is 61.3 Å². The van der Waals surface area contributed by atoms with Gasteiger partial charge in [-0.3, -0.25) is 4.98 Å². The van der Waals surface area contributed by atoms with Crippen molar-refractivity contribution < 1.29 is 26.2 Å². The SMILES string of the molecule is C[CH-]/C=C(/C)c1cc(C(C)(C)C)cc(C(C)(C)C)c1O.Cc1ccc(C(C)(C)C)cc1-c1ccccc1.Cc1cccc(-c2[c-]c(-c3cc(-c4ccccc4)c(-c4ccccc4)cn3)cc(C(C)(C)C)c2)c1C.[Pt+2]. The first-order valence-electron chi connectivity index (χ1n) is 26.0.